The Hall–Kier alpha value is -4.50. The summed E-state index contributed by atoms with van der Waals surface area (Å²) in [4.78, 5) is 54.8. The maximum absolute atomic E-state index is 9.55. The molecule has 1 saturated heterocycles. The molecule has 0 spiro atoms. The van der Waals surface area contributed by atoms with Gasteiger partial charge < -0.3 is 25.3 Å². The Kier molecular flexibility index (Phi) is 19.0. The molecule has 0 bridgehead atoms. The van der Waals surface area contributed by atoms with Gasteiger partial charge in [0.15, 0.2) is 0 Å². The fourth-order valence-corrected chi connectivity index (χ4v) is 5.99. The van der Waals surface area contributed by atoms with Gasteiger partial charge in [-0.1, -0.05) is 30.3 Å². The lowest BCUT2D eigenvalue weighted by atomic mass is 10.2. The predicted octanol–water partition coefficient (Wildman–Crippen LogP) is 4.80. The van der Waals surface area contributed by atoms with Gasteiger partial charge in [-0.15, -0.1) is 23.5 Å². The number of pyridine rings is 2. The Bertz CT molecular complexity index is 1430. The van der Waals surface area contributed by atoms with Gasteiger partial charge in [0.25, 0.3) is 0 Å². The van der Waals surface area contributed by atoms with E-state index < -0.39 is 23.9 Å². The zero-order valence-corrected chi connectivity index (χ0v) is 28.2. The van der Waals surface area contributed by atoms with Gasteiger partial charge >= 0.3 is 23.9 Å². The number of carboxylic acids is 4. The molecule has 4 N–H and O–H groups in total. The second-order valence-electron chi connectivity index (χ2n) is 10.2. The maximum Gasteiger partial charge on any atom is 0.328 e. The Morgan fingerprint density at radius 2 is 1.27 bits per heavy atom. The molecule has 0 radical (unpaired) electrons. The zero-order chi connectivity index (χ0) is 35.1. The average Bonchev–Trinajstić information content (AvgIpc) is 3.06. The SMILES string of the molecule is Cc1cc(SCCCN2CCN(Cc3ccccc3)CC2)cc(CSc2ccncc2)n1.O=C(O)C=CC(=O)O.O=C(O)C=CC(=O)O. The minimum Gasteiger partial charge on any atom is -0.478 e. The third kappa shape index (κ3) is 19.2. The van der Waals surface area contributed by atoms with E-state index in [0.717, 1.165) is 29.4 Å². The molecule has 14 heteroatoms. The number of thioether (sulfide) groups is 2. The van der Waals surface area contributed by atoms with Gasteiger partial charge in [-0.25, -0.2) is 19.2 Å². The minimum atomic E-state index is -1.26. The lowest BCUT2D eigenvalue weighted by Crippen LogP contribution is -2.46. The number of aromatic nitrogens is 2. The van der Waals surface area contributed by atoms with Crippen molar-refractivity contribution >= 4 is 47.4 Å². The Morgan fingerprint density at radius 3 is 1.81 bits per heavy atom. The van der Waals surface area contributed by atoms with Crippen LogP contribution in [0.25, 0.3) is 0 Å². The van der Waals surface area contributed by atoms with Crippen molar-refractivity contribution in [3.63, 3.8) is 0 Å². The first-order chi connectivity index (χ1) is 23.0. The number of carbonyl (C=O) groups is 4. The van der Waals surface area contributed by atoms with Crippen molar-refractivity contribution in [1.82, 2.24) is 19.8 Å². The summed E-state index contributed by atoms with van der Waals surface area (Å²) >= 11 is 3.78. The van der Waals surface area contributed by atoms with Crippen LogP contribution in [0.3, 0.4) is 0 Å². The van der Waals surface area contributed by atoms with Crippen molar-refractivity contribution in [2.45, 2.75) is 35.4 Å². The molecule has 2 aromatic heterocycles. The number of benzene rings is 1. The van der Waals surface area contributed by atoms with Gasteiger partial charge in [0.05, 0.1) is 5.69 Å². The van der Waals surface area contributed by atoms with Crippen LogP contribution in [0, 0.1) is 6.92 Å². The van der Waals surface area contributed by atoms with Crippen molar-refractivity contribution in [3.8, 4) is 0 Å². The minimum absolute atomic E-state index is 0.558. The molecule has 3 aromatic rings. The first-order valence-corrected chi connectivity index (χ1v) is 16.9. The summed E-state index contributed by atoms with van der Waals surface area (Å²) in [5.41, 5.74) is 3.68. The second kappa shape index (κ2) is 22.9. The zero-order valence-electron chi connectivity index (χ0n) is 26.6. The van der Waals surface area contributed by atoms with E-state index in [9.17, 15) is 19.2 Å². The van der Waals surface area contributed by atoms with E-state index in [1.807, 2.05) is 35.9 Å². The molecule has 1 aliphatic rings. The fraction of sp³-hybridized carbons (Fsp3) is 0.294. The van der Waals surface area contributed by atoms with Crippen LogP contribution >= 0.6 is 23.5 Å². The van der Waals surface area contributed by atoms with Crippen molar-refractivity contribution in [2.75, 3.05) is 38.5 Å². The highest BCUT2D eigenvalue weighted by Crippen LogP contribution is 2.25. The second-order valence-corrected chi connectivity index (χ2v) is 12.4. The third-order valence-electron chi connectivity index (χ3n) is 6.35. The summed E-state index contributed by atoms with van der Waals surface area (Å²) in [6.07, 6.45) is 7.15. The van der Waals surface area contributed by atoms with Crippen LogP contribution in [0.5, 0.6) is 0 Å². The van der Waals surface area contributed by atoms with Crippen molar-refractivity contribution in [2.24, 2.45) is 0 Å². The highest BCUT2D eigenvalue weighted by molar-refractivity contribution is 7.99. The van der Waals surface area contributed by atoms with E-state index in [0.29, 0.717) is 24.3 Å². The van der Waals surface area contributed by atoms with Crippen LogP contribution in [0.4, 0.5) is 0 Å². The first-order valence-electron chi connectivity index (χ1n) is 14.9. The van der Waals surface area contributed by atoms with E-state index in [4.69, 9.17) is 25.4 Å². The van der Waals surface area contributed by atoms with Gasteiger partial charge in [0, 0.05) is 90.7 Å². The van der Waals surface area contributed by atoms with Gasteiger partial charge in [0.1, 0.15) is 0 Å². The molecule has 0 atom stereocenters. The Morgan fingerprint density at radius 1 is 0.729 bits per heavy atom. The molecule has 0 unspecified atom stereocenters. The van der Waals surface area contributed by atoms with Crippen molar-refractivity contribution in [3.05, 3.63) is 108 Å². The number of carboxylic acid groups (broad SMARTS) is 4. The molecule has 48 heavy (non-hydrogen) atoms. The molecule has 256 valence electrons. The van der Waals surface area contributed by atoms with Gasteiger partial charge in [-0.3, -0.25) is 14.9 Å². The first kappa shape index (κ1) is 39.7. The molecule has 4 rings (SSSR count). The Labute approximate surface area is 288 Å². The van der Waals surface area contributed by atoms with Gasteiger partial charge in [-0.05, 0) is 55.5 Å². The van der Waals surface area contributed by atoms with Crippen LogP contribution in [0.15, 0.2) is 101 Å². The van der Waals surface area contributed by atoms with Gasteiger partial charge in [-0.2, -0.15) is 0 Å². The van der Waals surface area contributed by atoms with Crippen LogP contribution in [-0.2, 0) is 31.5 Å². The molecule has 1 aliphatic heterocycles. The molecule has 0 aliphatic carbocycles. The molecule has 1 fully saturated rings. The summed E-state index contributed by atoms with van der Waals surface area (Å²) in [6.45, 7) is 9.08. The molecular formula is C34H40N4O8S2. The average molecular weight is 697 g/mol. The molecule has 0 amide bonds. The quantitative estimate of drug-likeness (QED) is 0.102. The lowest BCUT2D eigenvalue weighted by Gasteiger charge is -2.34. The number of rotatable bonds is 14. The van der Waals surface area contributed by atoms with E-state index in [1.165, 1.54) is 54.5 Å². The summed E-state index contributed by atoms with van der Waals surface area (Å²) in [5.74, 6) is -2.98. The van der Waals surface area contributed by atoms with Crippen molar-refractivity contribution in [1.29, 1.82) is 0 Å². The topological polar surface area (TPSA) is 181 Å². The number of hydrogen-bond donors (Lipinski definition) is 4. The van der Waals surface area contributed by atoms with Crippen LogP contribution < -0.4 is 0 Å². The predicted molar refractivity (Wildman–Crippen MR) is 185 cm³/mol. The smallest absolute Gasteiger partial charge is 0.328 e. The van der Waals surface area contributed by atoms with Crippen LogP contribution in [0.1, 0.15) is 23.4 Å². The molecule has 1 aromatic carbocycles. The van der Waals surface area contributed by atoms with E-state index >= 15 is 0 Å². The monoisotopic (exact) mass is 696 g/mol. The summed E-state index contributed by atoms with van der Waals surface area (Å²) in [5, 5.41) is 31.2. The number of hydrogen-bond acceptors (Lipinski definition) is 10. The van der Waals surface area contributed by atoms with Crippen molar-refractivity contribution < 1.29 is 39.6 Å². The highest BCUT2D eigenvalue weighted by atomic mass is 32.2. The summed E-state index contributed by atoms with van der Waals surface area (Å²) in [6, 6.07) is 19.4. The number of nitrogens with zero attached hydrogens (tertiary/aromatic N) is 4. The summed E-state index contributed by atoms with van der Waals surface area (Å²) < 4.78 is 0. The van der Waals surface area contributed by atoms with Crippen LogP contribution in [0.2, 0.25) is 0 Å². The fourth-order valence-electron chi connectivity index (χ4n) is 4.23. The van der Waals surface area contributed by atoms with Crippen LogP contribution in [-0.4, -0.2) is 103 Å². The molecule has 0 saturated carbocycles. The lowest BCUT2D eigenvalue weighted by molar-refractivity contribution is -0.134. The Balaban J connectivity index is 0.000000414. The number of aliphatic carboxylic acids is 4. The van der Waals surface area contributed by atoms with E-state index in [-0.39, 0.29) is 0 Å². The van der Waals surface area contributed by atoms with E-state index in [2.05, 4.69) is 76.3 Å². The normalized spacial score (nSPS) is 13.3. The standard InChI is InChI=1S/C26H32N4S2.2C4H4O4/c1-22-18-26(19-24(28-22)21-32-25-8-10-27-11-9-25)31-17-5-12-29-13-15-30(16-14-29)20-23-6-3-2-4-7-23;2*5-3(6)1-2-4(7)8/h2-4,6-11,18-19H,5,12-17,20-21H2,1H3;2*1-2H,(H,5,6)(H,7,8). The largest absolute Gasteiger partial charge is 0.478 e. The summed E-state index contributed by atoms with van der Waals surface area (Å²) in [7, 11) is 0. The van der Waals surface area contributed by atoms with E-state index in [1.54, 1.807) is 0 Å². The number of piperazine rings is 1. The maximum atomic E-state index is 9.55. The van der Waals surface area contributed by atoms with Gasteiger partial charge in [0.2, 0.25) is 0 Å². The highest BCUT2D eigenvalue weighted by Gasteiger charge is 2.16. The third-order valence-corrected chi connectivity index (χ3v) is 8.46. The molecule has 12 nitrogen and oxygen atoms in total. The number of aryl methyl sites for hydroxylation is 1. The molecule has 3 heterocycles. The molecular weight excluding hydrogens is 657 g/mol.